The van der Waals surface area contributed by atoms with E-state index in [1.54, 1.807) is 44.2 Å². The van der Waals surface area contributed by atoms with E-state index in [0.29, 0.717) is 37.7 Å². The highest BCUT2D eigenvalue weighted by atomic mass is 32.1. The van der Waals surface area contributed by atoms with E-state index in [9.17, 15) is 18.8 Å². The highest BCUT2D eigenvalue weighted by Gasteiger charge is 2.33. The lowest BCUT2D eigenvalue weighted by Gasteiger charge is -2.24. The van der Waals surface area contributed by atoms with Crippen LogP contribution in [0.5, 0.6) is 0 Å². The normalized spacial score (nSPS) is 15.2. The van der Waals surface area contributed by atoms with Crippen molar-refractivity contribution in [1.29, 1.82) is 0 Å². The largest absolute Gasteiger partial charge is 0.478 e. The summed E-state index contributed by atoms with van der Waals surface area (Å²) >= 11 is 1.14. The number of halogens is 1. The third kappa shape index (κ3) is 4.61. The number of fused-ring (bicyclic) bond motifs is 1. The molecule has 38 heavy (non-hydrogen) atoms. The summed E-state index contributed by atoms with van der Waals surface area (Å²) < 4.78 is 26.6. The summed E-state index contributed by atoms with van der Waals surface area (Å²) in [4.78, 5) is 42.5. The Labute approximate surface area is 219 Å². The Morgan fingerprint density at radius 1 is 1.13 bits per heavy atom. The minimum Gasteiger partial charge on any atom is -0.478 e. The van der Waals surface area contributed by atoms with Gasteiger partial charge in [0.05, 0.1) is 34.0 Å². The highest BCUT2D eigenvalue weighted by molar-refractivity contribution is 7.07. The van der Waals surface area contributed by atoms with Gasteiger partial charge in [-0.1, -0.05) is 35.6 Å². The third-order valence-corrected chi connectivity index (χ3v) is 7.00. The average Bonchev–Trinajstić information content (AvgIpc) is 3.48. The number of ether oxygens (including phenoxy) is 1. The standard InChI is InChI=1S/C28H21FN2O6S/c1-3-36-27(35)23-15(2)30-28-31(24(23)17-8-10-19(29)11-9-17)25(32)22(38-28)14-20-12-13-21(37-20)16-4-6-18(7-5-16)26(33)34/h4-14,24H,3H2,1-2H3,(H,33,34)/b22-14-/t24-/m0/s1. The molecular weight excluding hydrogens is 511 g/mol. The van der Waals surface area contributed by atoms with Gasteiger partial charge in [0.1, 0.15) is 17.3 Å². The van der Waals surface area contributed by atoms with E-state index in [1.165, 1.54) is 41.0 Å². The quantitative estimate of drug-likeness (QED) is 0.377. The van der Waals surface area contributed by atoms with E-state index in [-0.39, 0.29) is 23.3 Å². The minimum atomic E-state index is -1.02. The molecule has 1 aliphatic rings. The van der Waals surface area contributed by atoms with E-state index in [4.69, 9.17) is 14.3 Å². The molecule has 2 aromatic heterocycles. The molecule has 10 heteroatoms. The number of benzene rings is 2. The molecule has 0 amide bonds. The molecule has 1 aliphatic heterocycles. The first-order chi connectivity index (χ1) is 18.3. The molecule has 0 fully saturated rings. The molecule has 0 saturated carbocycles. The van der Waals surface area contributed by atoms with Crippen molar-refractivity contribution < 1.29 is 28.2 Å². The van der Waals surface area contributed by atoms with Crippen molar-refractivity contribution in [2.75, 3.05) is 6.61 Å². The zero-order valence-corrected chi connectivity index (χ0v) is 21.1. The van der Waals surface area contributed by atoms with E-state index in [2.05, 4.69) is 4.99 Å². The lowest BCUT2D eigenvalue weighted by Crippen LogP contribution is -2.39. The topological polar surface area (TPSA) is 111 Å². The van der Waals surface area contributed by atoms with E-state index in [1.807, 2.05) is 0 Å². The van der Waals surface area contributed by atoms with Crippen molar-refractivity contribution in [3.05, 3.63) is 114 Å². The molecule has 8 nitrogen and oxygen atoms in total. The van der Waals surface area contributed by atoms with Crippen molar-refractivity contribution in [3.8, 4) is 11.3 Å². The fourth-order valence-electron chi connectivity index (χ4n) is 4.24. The fraction of sp³-hybridized carbons (Fsp3) is 0.143. The first-order valence-corrected chi connectivity index (χ1v) is 12.5. The van der Waals surface area contributed by atoms with Crippen LogP contribution >= 0.6 is 11.3 Å². The highest BCUT2D eigenvalue weighted by Crippen LogP contribution is 2.31. The molecule has 1 atom stereocenters. The zero-order chi connectivity index (χ0) is 27.0. The molecule has 5 rings (SSSR count). The number of aromatic nitrogens is 1. The van der Waals surface area contributed by atoms with E-state index in [0.717, 1.165) is 11.3 Å². The van der Waals surface area contributed by atoms with Crippen molar-refractivity contribution in [3.63, 3.8) is 0 Å². The molecular formula is C28H21FN2O6S. The molecule has 0 radical (unpaired) electrons. The van der Waals surface area contributed by atoms with Gasteiger partial charge in [0.2, 0.25) is 0 Å². The maximum atomic E-state index is 13.7. The van der Waals surface area contributed by atoms with Gasteiger partial charge in [0, 0.05) is 11.6 Å². The second-order valence-corrected chi connectivity index (χ2v) is 9.45. The van der Waals surface area contributed by atoms with Gasteiger partial charge in [-0.2, -0.15) is 0 Å². The molecule has 0 aliphatic carbocycles. The number of aromatic carboxylic acids is 1. The molecule has 0 bridgehead atoms. The summed E-state index contributed by atoms with van der Waals surface area (Å²) in [6.45, 7) is 3.51. The fourth-order valence-corrected chi connectivity index (χ4v) is 5.27. The van der Waals surface area contributed by atoms with Crippen LogP contribution in [0.3, 0.4) is 0 Å². The van der Waals surface area contributed by atoms with Gasteiger partial charge in [0.15, 0.2) is 4.80 Å². The number of hydrogen-bond donors (Lipinski definition) is 1. The molecule has 2 aromatic carbocycles. The van der Waals surface area contributed by atoms with Crippen molar-refractivity contribution in [1.82, 2.24) is 4.57 Å². The predicted molar refractivity (Wildman–Crippen MR) is 138 cm³/mol. The smallest absolute Gasteiger partial charge is 0.338 e. The first kappa shape index (κ1) is 25.1. The molecule has 0 spiro atoms. The number of allylic oxidation sites excluding steroid dienone is 1. The number of carboxylic acids is 1. The van der Waals surface area contributed by atoms with Crippen LogP contribution in [-0.4, -0.2) is 28.2 Å². The van der Waals surface area contributed by atoms with Crippen LogP contribution in [0.25, 0.3) is 17.4 Å². The summed E-state index contributed by atoms with van der Waals surface area (Å²) in [6.07, 6.45) is 1.59. The van der Waals surface area contributed by atoms with Crippen molar-refractivity contribution >= 4 is 29.4 Å². The molecule has 192 valence electrons. The number of esters is 1. The number of thiazole rings is 1. The van der Waals surface area contributed by atoms with Crippen LogP contribution in [-0.2, 0) is 9.53 Å². The molecule has 0 saturated heterocycles. The number of carboxylic acid groups (broad SMARTS) is 1. The Balaban J connectivity index is 1.59. The lowest BCUT2D eigenvalue weighted by atomic mass is 9.96. The van der Waals surface area contributed by atoms with Gasteiger partial charge in [-0.15, -0.1) is 0 Å². The van der Waals surface area contributed by atoms with Gasteiger partial charge in [-0.05, 0) is 55.8 Å². The van der Waals surface area contributed by atoms with Crippen LogP contribution in [0.2, 0.25) is 0 Å². The van der Waals surface area contributed by atoms with Crippen molar-refractivity contribution in [2.45, 2.75) is 19.9 Å². The average molecular weight is 533 g/mol. The number of carbonyl (C=O) groups excluding carboxylic acids is 1. The van der Waals surface area contributed by atoms with Crippen LogP contribution in [0.4, 0.5) is 4.39 Å². The maximum absolute atomic E-state index is 13.7. The molecule has 3 heterocycles. The van der Waals surface area contributed by atoms with E-state index >= 15 is 0 Å². The van der Waals surface area contributed by atoms with Gasteiger partial charge in [-0.25, -0.2) is 19.0 Å². The van der Waals surface area contributed by atoms with Crippen molar-refractivity contribution in [2.24, 2.45) is 4.99 Å². The Bertz CT molecular complexity index is 1760. The summed E-state index contributed by atoms with van der Waals surface area (Å²) in [5, 5.41) is 9.09. The number of furan rings is 1. The van der Waals surface area contributed by atoms with Gasteiger partial charge < -0.3 is 14.3 Å². The molecule has 0 unspecified atom stereocenters. The lowest BCUT2D eigenvalue weighted by molar-refractivity contribution is -0.139. The second kappa shape index (κ2) is 10.1. The van der Waals surface area contributed by atoms with Crippen LogP contribution < -0.4 is 14.9 Å². The van der Waals surface area contributed by atoms with Crippen LogP contribution in [0, 0.1) is 5.82 Å². The Morgan fingerprint density at radius 2 is 1.84 bits per heavy atom. The van der Waals surface area contributed by atoms with Crippen LogP contribution in [0.15, 0.2) is 86.1 Å². The zero-order valence-electron chi connectivity index (χ0n) is 20.3. The van der Waals surface area contributed by atoms with Gasteiger partial charge >= 0.3 is 11.9 Å². The summed E-state index contributed by atoms with van der Waals surface area (Å²) in [6, 6.07) is 14.4. The first-order valence-electron chi connectivity index (χ1n) is 11.7. The second-order valence-electron chi connectivity index (χ2n) is 8.44. The summed E-state index contributed by atoms with van der Waals surface area (Å²) in [5.74, 6) is -1.14. The SMILES string of the molecule is CCOC(=O)C1=C(C)N=c2s/c(=C\c3ccc(-c4ccc(C(=O)O)cc4)o3)c(=O)n2[C@H]1c1ccc(F)cc1. The Kier molecular flexibility index (Phi) is 6.64. The Hall–Kier alpha value is -4.57. The van der Waals surface area contributed by atoms with Gasteiger partial charge in [0.25, 0.3) is 5.56 Å². The monoisotopic (exact) mass is 532 g/mol. The Morgan fingerprint density at radius 3 is 2.50 bits per heavy atom. The number of hydrogen-bond acceptors (Lipinski definition) is 7. The van der Waals surface area contributed by atoms with E-state index < -0.39 is 23.8 Å². The van der Waals surface area contributed by atoms with Gasteiger partial charge in [-0.3, -0.25) is 9.36 Å². The summed E-state index contributed by atoms with van der Waals surface area (Å²) in [7, 11) is 0. The predicted octanol–water partition coefficient (Wildman–Crippen LogP) is 3.90. The van der Waals surface area contributed by atoms with Crippen LogP contribution in [0.1, 0.15) is 41.6 Å². The number of carbonyl (C=O) groups is 2. The maximum Gasteiger partial charge on any atom is 0.338 e. The number of rotatable bonds is 6. The number of nitrogens with zero attached hydrogens (tertiary/aromatic N) is 2. The summed E-state index contributed by atoms with van der Waals surface area (Å²) in [5.41, 5.74) is 1.62. The minimum absolute atomic E-state index is 0.149. The third-order valence-electron chi connectivity index (χ3n) is 6.02. The molecule has 1 N–H and O–H groups in total. The molecule has 4 aromatic rings.